The lowest BCUT2D eigenvalue weighted by atomic mass is 9.97. The molecule has 0 atom stereocenters. The van der Waals surface area contributed by atoms with E-state index in [1.807, 2.05) is 0 Å². The van der Waals surface area contributed by atoms with Gasteiger partial charge >= 0.3 is 23.9 Å². The number of phenolic OH excluding ortho intramolecular Hbond substituents is 1. The van der Waals surface area contributed by atoms with Gasteiger partial charge in [-0.1, -0.05) is 18.2 Å². The Morgan fingerprint density at radius 3 is 1.78 bits per heavy atom. The first kappa shape index (κ1) is 19.4. The van der Waals surface area contributed by atoms with Crippen molar-refractivity contribution in [3.05, 3.63) is 29.8 Å². The Bertz CT molecular complexity index is 536. The minimum absolute atomic E-state index is 0.0780. The van der Waals surface area contributed by atoms with Crippen LogP contribution in [0.4, 0.5) is 39.5 Å². The van der Waals surface area contributed by atoms with Gasteiger partial charge in [-0.2, -0.15) is 39.5 Å². The van der Waals surface area contributed by atoms with E-state index >= 15 is 0 Å². The van der Waals surface area contributed by atoms with E-state index in [4.69, 9.17) is 0 Å². The molecule has 0 heterocycles. The second-order valence-electron chi connectivity index (χ2n) is 4.83. The van der Waals surface area contributed by atoms with E-state index in [-0.39, 0.29) is 11.3 Å². The van der Waals surface area contributed by atoms with E-state index in [9.17, 15) is 44.6 Å². The van der Waals surface area contributed by atoms with Crippen molar-refractivity contribution in [1.82, 2.24) is 0 Å². The van der Waals surface area contributed by atoms with Crippen LogP contribution in [0.25, 0.3) is 0 Å². The third kappa shape index (κ3) is 3.66. The number of hydrogen-bond acceptors (Lipinski definition) is 1. The molecule has 23 heavy (non-hydrogen) atoms. The zero-order valence-electron chi connectivity index (χ0n) is 11.3. The standard InChI is InChI=1S/C13H11F9O/c14-10(15,11(16,17)12(18,19)13(20,21)22)7-3-5-8-4-1-2-6-9(8)23/h1-2,4,6,23H,3,5,7H2. The Morgan fingerprint density at radius 1 is 0.783 bits per heavy atom. The Hall–Kier alpha value is -1.61. The molecule has 0 amide bonds. The van der Waals surface area contributed by atoms with Gasteiger partial charge in [0.1, 0.15) is 5.75 Å². The van der Waals surface area contributed by atoms with Gasteiger partial charge in [-0.25, -0.2) is 0 Å². The van der Waals surface area contributed by atoms with Gasteiger partial charge in [0, 0.05) is 6.42 Å². The molecule has 1 aromatic rings. The van der Waals surface area contributed by atoms with Gasteiger partial charge in [0.15, 0.2) is 0 Å². The fraction of sp³-hybridized carbons (Fsp3) is 0.538. The minimum Gasteiger partial charge on any atom is -0.508 e. The first-order valence-corrected chi connectivity index (χ1v) is 6.21. The van der Waals surface area contributed by atoms with E-state index in [1.165, 1.54) is 24.3 Å². The Morgan fingerprint density at radius 2 is 1.30 bits per heavy atom. The smallest absolute Gasteiger partial charge is 0.460 e. The SMILES string of the molecule is Oc1ccccc1CCCC(F)(F)C(F)(F)C(F)(F)C(F)(F)F. The predicted octanol–water partition coefficient (Wildman–Crippen LogP) is 5.18. The Labute approximate surface area is 124 Å². The maximum atomic E-state index is 13.2. The number of benzene rings is 1. The summed E-state index contributed by atoms with van der Waals surface area (Å²) in [6, 6.07) is 5.25. The summed E-state index contributed by atoms with van der Waals surface area (Å²) in [5.74, 6) is -19.4. The topological polar surface area (TPSA) is 20.2 Å². The van der Waals surface area contributed by atoms with Crippen molar-refractivity contribution in [2.24, 2.45) is 0 Å². The largest absolute Gasteiger partial charge is 0.508 e. The molecule has 132 valence electrons. The number of alkyl halides is 9. The molecule has 0 aliphatic rings. The molecule has 1 aromatic carbocycles. The predicted molar refractivity (Wildman–Crippen MR) is 61.9 cm³/mol. The number of para-hydroxylation sites is 1. The molecule has 10 heteroatoms. The minimum atomic E-state index is -6.86. The molecular formula is C13H11F9O. The first-order valence-electron chi connectivity index (χ1n) is 6.21. The van der Waals surface area contributed by atoms with Crippen LogP contribution in [0.15, 0.2) is 24.3 Å². The van der Waals surface area contributed by atoms with E-state index < -0.39 is 43.2 Å². The lowest BCUT2D eigenvalue weighted by Gasteiger charge is -2.33. The molecule has 1 rings (SSSR count). The van der Waals surface area contributed by atoms with Crippen molar-refractivity contribution in [3.8, 4) is 5.75 Å². The first-order chi connectivity index (χ1) is 10.2. The van der Waals surface area contributed by atoms with Crippen LogP contribution in [0.1, 0.15) is 18.4 Å². The van der Waals surface area contributed by atoms with Crippen molar-refractivity contribution in [3.63, 3.8) is 0 Å². The molecule has 0 saturated carbocycles. The highest BCUT2D eigenvalue weighted by atomic mass is 19.4. The van der Waals surface area contributed by atoms with Gasteiger partial charge in [0.25, 0.3) is 0 Å². The van der Waals surface area contributed by atoms with Gasteiger partial charge in [-0.05, 0) is 24.5 Å². The van der Waals surface area contributed by atoms with Crippen LogP contribution in [0, 0.1) is 0 Å². The summed E-state index contributed by atoms with van der Waals surface area (Å²) in [7, 11) is 0. The lowest BCUT2D eigenvalue weighted by Crippen LogP contribution is -2.60. The summed E-state index contributed by atoms with van der Waals surface area (Å²) < 4.78 is 113. The van der Waals surface area contributed by atoms with Crippen molar-refractivity contribution in [2.45, 2.75) is 43.2 Å². The molecule has 1 N–H and O–H groups in total. The highest BCUT2D eigenvalue weighted by Crippen LogP contribution is 2.54. The summed E-state index contributed by atoms with van der Waals surface area (Å²) in [6.07, 6.45) is -9.93. The van der Waals surface area contributed by atoms with Crippen molar-refractivity contribution < 1.29 is 44.6 Å². The molecule has 0 spiro atoms. The Balaban J connectivity index is 2.84. The maximum absolute atomic E-state index is 13.2. The molecule has 0 aliphatic heterocycles. The number of halogens is 9. The number of phenols is 1. The highest BCUT2D eigenvalue weighted by Gasteiger charge is 2.81. The van der Waals surface area contributed by atoms with Crippen LogP contribution in [-0.4, -0.2) is 29.1 Å². The molecule has 0 aromatic heterocycles. The Kier molecular flexibility index (Phi) is 5.17. The van der Waals surface area contributed by atoms with Gasteiger partial charge in [-0.3, -0.25) is 0 Å². The van der Waals surface area contributed by atoms with Gasteiger partial charge < -0.3 is 5.11 Å². The summed E-state index contributed by atoms with van der Waals surface area (Å²) in [5.41, 5.74) is 0.0780. The van der Waals surface area contributed by atoms with E-state index in [0.717, 1.165) is 0 Å². The average Bonchev–Trinajstić information content (AvgIpc) is 2.39. The van der Waals surface area contributed by atoms with Crippen molar-refractivity contribution in [1.29, 1.82) is 0 Å². The average molecular weight is 354 g/mol. The number of aryl methyl sites for hydroxylation is 1. The molecule has 0 radical (unpaired) electrons. The molecule has 0 bridgehead atoms. The number of hydrogen-bond donors (Lipinski definition) is 1. The monoisotopic (exact) mass is 354 g/mol. The molecule has 1 nitrogen and oxygen atoms in total. The van der Waals surface area contributed by atoms with Crippen molar-refractivity contribution in [2.75, 3.05) is 0 Å². The summed E-state index contributed by atoms with van der Waals surface area (Å²) >= 11 is 0. The van der Waals surface area contributed by atoms with E-state index in [1.54, 1.807) is 0 Å². The zero-order chi connectivity index (χ0) is 18.1. The second kappa shape index (κ2) is 6.12. The number of aromatic hydroxyl groups is 1. The third-order valence-corrected chi connectivity index (χ3v) is 3.14. The summed E-state index contributed by atoms with van der Waals surface area (Å²) in [5, 5.41) is 9.33. The van der Waals surface area contributed by atoms with Crippen LogP contribution in [0.3, 0.4) is 0 Å². The molecule has 0 fully saturated rings. The fourth-order valence-corrected chi connectivity index (χ4v) is 1.79. The third-order valence-electron chi connectivity index (χ3n) is 3.14. The molecule has 0 unspecified atom stereocenters. The van der Waals surface area contributed by atoms with E-state index in [2.05, 4.69) is 0 Å². The van der Waals surface area contributed by atoms with Crippen LogP contribution in [0.2, 0.25) is 0 Å². The number of rotatable bonds is 6. The van der Waals surface area contributed by atoms with Crippen molar-refractivity contribution >= 4 is 0 Å². The van der Waals surface area contributed by atoms with Crippen LogP contribution < -0.4 is 0 Å². The van der Waals surface area contributed by atoms with Gasteiger partial charge in [0.05, 0.1) is 0 Å². The summed E-state index contributed by atoms with van der Waals surface area (Å²) in [6.45, 7) is 0. The van der Waals surface area contributed by atoms with Gasteiger partial charge in [-0.15, -0.1) is 0 Å². The van der Waals surface area contributed by atoms with Crippen LogP contribution >= 0.6 is 0 Å². The summed E-state index contributed by atoms with van der Waals surface area (Å²) in [4.78, 5) is 0. The zero-order valence-corrected chi connectivity index (χ0v) is 11.3. The molecular weight excluding hydrogens is 343 g/mol. The fourth-order valence-electron chi connectivity index (χ4n) is 1.79. The normalized spacial score (nSPS) is 14.1. The lowest BCUT2D eigenvalue weighted by molar-refractivity contribution is -0.396. The molecule has 0 saturated heterocycles. The molecule has 0 aliphatic carbocycles. The highest BCUT2D eigenvalue weighted by molar-refractivity contribution is 5.31. The van der Waals surface area contributed by atoms with Crippen LogP contribution in [0.5, 0.6) is 5.75 Å². The van der Waals surface area contributed by atoms with Crippen LogP contribution in [-0.2, 0) is 6.42 Å². The maximum Gasteiger partial charge on any atom is 0.460 e. The van der Waals surface area contributed by atoms with Gasteiger partial charge in [0.2, 0.25) is 0 Å². The quantitative estimate of drug-likeness (QED) is 0.698. The second-order valence-corrected chi connectivity index (χ2v) is 4.83. The van der Waals surface area contributed by atoms with E-state index in [0.29, 0.717) is 0 Å².